The first kappa shape index (κ1) is 23.8. The highest BCUT2D eigenvalue weighted by Gasteiger charge is 2.48. The molecule has 7 N–H and O–H groups in total. The van der Waals surface area contributed by atoms with E-state index in [0.717, 1.165) is 0 Å². The zero-order valence-corrected chi connectivity index (χ0v) is 15.5. The number of hydrogen-bond acceptors (Lipinski definition) is 8. The van der Waals surface area contributed by atoms with Crippen LogP contribution < -0.4 is 16.0 Å². The van der Waals surface area contributed by atoms with Crippen molar-refractivity contribution in [1.29, 1.82) is 0 Å². The summed E-state index contributed by atoms with van der Waals surface area (Å²) in [6.07, 6.45) is -1.40. The van der Waals surface area contributed by atoms with Gasteiger partial charge in [0.25, 0.3) is 0 Å². The van der Waals surface area contributed by atoms with Crippen molar-refractivity contribution >= 4 is 23.9 Å². The van der Waals surface area contributed by atoms with Crippen LogP contribution in [0.5, 0.6) is 0 Å². The molecule has 0 aromatic heterocycles. The SMILES string of the molecule is O=C(O)CC1NCCCNCCNCN(CC(=O)O)C1(CC(=O)O)CC(=O)O. The molecule has 1 aliphatic rings. The van der Waals surface area contributed by atoms with Crippen LogP contribution in [-0.4, -0.2) is 100 Å². The Bertz CT molecular complexity index is 523. The van der Waals surface area contributed by atoms with Gasteiger partial charge in [0.15, 0.2) is 0 Å². The Labute approximate surface area is 161 Å². The molecule has 0 aromatic carbocycles. The Hall–Kier alpha value is -2.28. The van der Waals surface area contributed by atoms with E-state index in [4.69, 9.17) is 0 Å². The Morgan fingerprint density at radius 2 is 1.43 bits per heavy atom. The fourth-order valence-electron chi connectivity index (χ4n) is 3.44. The lowest BCUT2D eigenvalue weighted by Gasteiger charge is -2.47. The molecule has 0 spiro atoms. The molecule has 1 saturated heterocycles. The summed E-state index contributed by atoms with van der Waals surface area (Å²) in [5.74, 6) is -5.21. The van der Waals surface area contributed by atoms with Crippen LogP contribution in [0.2, 0.25) is 0 Å². The second kappa shape index (κ2) is 11.5. The number of nitrogens with zero attached hydrogens (tertiary/aromatic N) is 1. The van der Waals surface area contributed by atoms with Crippen LogP contribution >= 0.6 is 0 Å². The summed E-state index contributed by atoms with van der Waals surface area (Å²) in [5.41, 5.74) is -1.76. The van der Waals surface area contributed by atoms with Gasteiger partial charge in [-0.05, 0) is 19.5 Å². The minimum Gasteiger partial charge on any atom is -0.481 e. The normalized spacial score (nSPS) is 21.8. The van der Waals surface area contributed by atoms with Gasteiger partial charge >= 0.3 is 23.9 Å². The molecule has 1 aliphatic heterocycles. The third kappa shape index (κ3) is 7.76. The molecular formula is C16H28N4O8. The zero-order valence-electron chi connectivity index (χ0n) is 15.5. The van der Waals surface area contributed by atoms with Crippen LogP contribution in [-0.2, 0) is 19.2 Å². The molecule has 0 radical (unpaired) electrons. The first-order valence-corrected chi connectivity index (χ1v) is 8.94. The molecule has 0 amide bonds. The zero-order chi connectivity index (χ0) is 21.2. The summed E-state index contributed by atoms with van der Waals surface area (Å²) in [7, 11) is 0. The average molecular weight is 404 g/mol. The van der Waals surface area contributed by atoms with E-state index in [9.17, 15) is 39.6 Å². The Kier molecular flexibility index (Phi) is 9.79. The van der Waals surface area contributed by atoms with Crippen molar-refractivity contribution in [2.24, 2.45) is 0 Å². The van der Waals surface area contributed by atoms with Crippen LogP contribution in [0, 0.1) is 0 Å². The molecule has 0 saturated carbocycles. The summed E-state index contributed by atoms with van der Waals surface area (Å²) < 4.78 is 0. The van der Waals surface area contributed by atoms with Crippen molar-refractivity contribution < 1.29 is 39.6 Å². The van der Waals surface area contributed by atoms with Crippen LogP contribution in [0.15, 0.2) is 0 Å². The number of carboxylic acids is 4. The fourth-order valence-corrected chi connectivity index (χ4v) is 3.44. The summed E-state index contributed by atoms with van der Waals surface area (Å²) in [6, 6.07) is -1.09. The van der Waals surface area contributed by atoms with Gasteiger partial charge in [-0.15, -0.1) is 0 Å². The first-order chi connectivity index (χ1) is 13.2. The van der Waals surface area contributed by atoms with E-state index in [1.54, 1.807) is 0 Å². The summed E-state index contributed by atoms with van der Waals surface area (Å²) in [6.45, 7) is 1.25. The van der Waals surface area contributed by atoms with Gasteiger partial charge in [0, 0.05) is 25.8 Å². The van der Waals surface area contributed by atoms with E-state index in [-0.39, 0.29) is 6.67 Å². The van der Waals surface area contributed by atoms with E-state index in [1.807, 2.05) is 0 Å². The molecule has 0 aliphatic carbocycles. The molecule has 12 nitrogen and oxygen atoms in total. The minimum atomic E-state index is -1.76. The quantitative estimate of drug-likeness (QED) is 0.237. The highest BCUT2D eigenvalue weighted by molar-refractivity contribution is 5.76. The molecular weight excluding hydrogens is 376 g/mol. The van der Waals surface area contributed by atoms with Crippen molar-refractivity contribution in [1.82, 2.24) is 20.9 Å². The van der Waals surface area contributed by atoms with Crippen molar-refractivity contribution in [3.05, 3.63) is 0 Å². The van der Waals surface area contributed by atoms with E-state index in [0.29, 0.717) is 32.6 Å². The third-order valence-electron chi connectivity index (χ3n) is 4.60. The number of rotatable bonds is 8. The number of carboxylic acid groups (broad SMARTS) is 4. The van der Waals surface area contributed by atoms with Crippen molar-refractivity contribution in [2.75, 3.05) is 39.4 Å². The monoisotopic (exact) mass is 404 g/mol. The number of carbonyl (C=O) groups is 4. The number of aliphatic carboxylic acids is 4. The molecule has 0 aromatic rings. The van der Waals surface area contributed by atoms with Crippen LogP contribution in [0.4, 0.5) is 0 Å². The predicted molar refractivity (Wildman–Crippen MR) is 96.0 cm³/mol. The molecule has 1 heterocycles. The molecule has 12 heteroatoms. The predicted octanol–water partition coefficient (Wildman–Crippen LogP) is -1.97. The smallest absolute Gasteiger partial charge is 0.317 e. The lowest BCUT2D eigenvalue weighted by molar-refractivity contribution is -0.154. The standard InChI is InChI=1S/C16H28N4O8/c21-12(22)6-11-16(7-13(23)24,8-14(25)26)20(9-15(27)28)10-18-5-4-17-2-1-3-19-11/h11,17-19H,1-10H2,(H,21,22)(H,23,24)(H,25,26)(H,27,28). The van der Waals surface area contributed by atoms with Gasteiger partial charge in [0.2, 0.25) is 0 Å². The highest BCUT2D eigenvalue weighted by Crippen LogP contribution is 2.31. The van der Waals surface area contributed by atoms with Gasteiger partial charge in [0.1, 0.15) is 0 Å². The topological polar surface area (TPSA) is 189 Å². The molecule has 1 rings (SSSR count). The van der Waals surface area contributed by atoms with E-state index in [1.165, 1.54) is 4.90 Å². The van der Waals surface area contributed by atoms with Crippen LogP contribution in [0.25, 0.3) is 0 Å². The van der Waals surface area contributed by atoms with Crippen LogP contribution in [0.1, 0.15) is 25.7 Å². The van der Waals surface area contributed by atoms with Gasteiger partial charge in [-0.3, -0.25) is 24.1 Å². The summed E-state index contributed by atoms with van der Waals surface area (Å²) in [4.78, 5) is 47.3. The second-order valence-corrected chi connectivity index (χ2v) is 6.70. The van der Waals surface area contributed by atoms with E-state index < -0.39 is 61.3 Å². The van der Waals surface area contributed by atoms with Crippen molar-refractivity contribution in [2.45, 2.75) is 37.3 Å². The fraction of sp³-hybridized carbons (Fsp3) is 0.750. The maximum atomic E-state index is 11.6. The maximum absolute atomic E-state index is 11.6. The van der Waals surface area contributed by atoms with Crippen molar-refractivity contribution in [3.63, 3.8) is 0 Å². The lowest BCUT2D eigenvalue weighted by atomic mass is 9.79. The molecule has 160 valence electrons. The molecule has 28 heavy (non-hydrogen) atoms. The molecule has 1 unspecified atom stereocenters. The lowest BCUT2D eigenvalue weighted by Crippen LogP contribution is -2.66. The van der Waals surface area contributed by atoms with Crippen molar-refractivity contribution in [3.8, 4) is 0 Å². The Morgan fingerprint density at radius 1 is 0.821 bits per heavy atom. The Morgan fingerprint density at radius 3 is 1.96 bits per heavy atom. The summed E-state index contributed by atoms with van der Waals surface area (Å²) in [5, 5.41) is 46.7. The minimum absolute atomic E-state index is 0.105. The van der Waals surface area contributed by atoms with Crippen LogP contribution in [0.3, 0.4) is 0 Å². The second-order valence-electron chi connectivity index (χ2n) is 6.70. The van der Waals surface area contributed by atoms with Gasteiger partial charge in [-0.2, -0.15) is 0 Å². The highest BCUT2D eigenvalue weighted by atomic mass is 16.4. The average Bonchev–Trinajstić information content (AvgIpc) is 2.54. The third-order valence-corrected chi connectivity index (χ3v) is 4.60. The first-order valence-electron chi connectivity index (χ1n) is 8.94. The summed E-state index contributed by atoms with van der Waals surface area (Å²) >= 11 is 0. The molecule has 0 bridgehead atoms. The number of nitrogens with one attached hydrogen (secondary N) is 3. The van der Waals surface area contributed by atoms with Gasteiger partial charge in [-0.25, -0.2) is 0 Å². The van der Waals surface area contributed by atoms with E-state index in [2.05, 4.69) is 16.0 Å². The largest absolute Gasteiger partial charge is 0.481 e. The van der Waals surface area contributed by atoms with E-state index >= 15 is 0 Å². The maximum Gasteiger partial charge on any atom is 0.317 e. The Balaban J connectivity index is 3.45. The van der Waals surface area contributed by atoms with Gasteiger partial charge < -0.3 is 36.4 Å². The molecule has 1 atom stereocenters. The number of hydrogen-bond donors (Lipinski definition) is 7. The molecule has 1 fully saturated rings. The van der Waals surface area contributed by atoms with Gasteiger partial charge in [0.05, 0.1) is 31.3 Å². The van der Waals surface area contributed by atoms with Gasteiger partial charge in [-0.1, -0.05) is 0 Å².